The first kappa shape index (κ1) is 18.6. The average Bonchev–Trinajstić information content (AvgIpc) is 2.48. The van der Waals surface area contributed by atoms with E-state index in [2.05, 4.69) is 115 Å². The molecule has 0 saturated heterocycles. The summed E-state index contributed by atoms with van der Waals surface area (Å²) in [7, 11) is 0. The predicted octanol–water partition coefficient (Wildman–Crippen LogP) is 6.04. The van der Waals surface area contributed by atoms with Crippen LogP contribution in [0.1, 0.15) is 33.3 Å². The Morgan fingerprint density at radius 3 is 1.83 bits per heavy atom. The Bertz CT molecular complexity index is 632. The van der Waals surface area contributed by atoms with Crippen molar-refractivity contribution in [2.75, 3.05) is 13.2 Å². The first-order chi connectivity index (χ1) is 10.7. The van der Waals surface area contributed by atoms with Crippen LogP contribution in [0.5, 0.6) is 0 Å². The summed E-state index contributed by atoms with van der Waals surface area (Å²) in [6, 6.07) is 21.8. The van der Waals surface area contributed by atoms with Crippen molar-refractivity contribution in [3.63, 3.8) is 0 Å². The van der Waals surface area contributed by atoms with E-state index in [4.69, 9.17) is 0 Å². The first-order valence-electron chi connectivity index (χ1n) is 8.28. The van der Waals surface area contributed by atoms with E-state index >= 15 is 0 Å². The van der Waals surface area contributed by atoms with E-state index in [1.54, 1.807) is 0 Å². The van der Waals surface area contributed by atoms with Crippen LogP contribution < -0.4 is 5.30 Å². The van der Waals surface area contributed by atoms with Crippen molar-refractivity contribution in [3.8, 4) is 0 Å². The SMILES string of the molecule is CCN(C(C)(C)C)P(C)(Br)(Cc1ccccc1)c1ccccc1. The Hall–Kier alpha value is -0.690. The number of rotatable bonds is 5. The molecule has 0 N–H and O–H groups in total. The second kappa shape index (κ2) is 6.67. The number of hydrogen-bond acceptors (Lipinski definition) is 1. The Balaban J connectivity index is 2.63. The van der Waals surface area contributed by atoms with Crippen LogP contribution in [0.3, 0.4) is 0 Å². The van der Waals surface area contributed by atoms with Gasteiger partial charge < -0.3 is 0 Å². The van der Waals surface area contributed by atoms with Crippen LogP contribution >= 0.6 is 20.9 Å². The molecule has 0 aliphatic heterocycles. The van der Waals surface area contributed by atoms with Gasteiger partial charge in [-0.2, -0.15) is 0 Å². The Kier molecular flexibility index (Phi) is 5.41. The molecular weight excluding hydrogens is 365 g/mol. The molecule has 0 radical (unpaired) electrons. The summed E-state index contributed by atoms with van der Waals surface area (Å²) in [4.78, 5) is 0. The molecule has 2 aromatic rings. The normalized spacial score (nSPS) is 14.5. The zero-order valence-corrected chi connectivity index (χ0v) is 17.4. The summed E-state index contributed by atoms with van der Waals surface area (Å²) in [6.45, 7) is 12.7. The molecule has 23 heavy (non-hydrogen) atoms. The van der Waals surface area contributed by atoms with Crippen LogP contribution in [0.15, 0.2) is 60.7 Å². The van der Waals surface area contributed by atoms with Crippen molar-refractivity contribution >= 4 is 26.3 Å². The molecule has 0 heterocycles. The molecule has 2 aromatic carbocycles. The third-order valence-corrected chi connectivity index (χ3v) is 12.5. The van der Waals surface area contributed by atoms with Gasteiger partial charge in [-0.15, -0.1) is 0 Å². The van der Waals surface area contributed by atoms with Crippen molar-refractivity contribution < 1.29 is 0 Å². The first-order valence-corrected chi connectivity index (χ1v) is 13.1. The van der Waals surface area contributed by atoms with Crippen LogP contribution in [-0.2, 0) is 6.16 Å². The molecule has 3 heteroatoms. The van der Waals surface area contributed by atoms with Crippen LogP contribution in [0.4, 0.5) is 0 Å². The second-order valence-electron chi connectivity index (χ2n) is 7.45. The average molecular weight is 394 g/mol. The molecule has 0 saturated carbocycles. The summed E-state index contributed by atoms with van der Waals surface area (Å²) in [5, 5.41) is 1.42. The van der Waals surface area contributed by atoms with Gasteiger partial charge in [-0.3, -0.25) is 0 Å². The van der Waals surface area contributed by atoms with Crippen LogP contribution in [0.25, 0.3) is 0 Å². The van der Waals surface area contributed by atoms with Crippen molar-refractivity contribution in [1.29, 1.82) is 0 Å². The van der Waals surface area contributed by atoms with Gasteiger partial charge >= 0.3 is 150 Å². The number of hydrogen-bond donors (Lipinski definition) is 0. The van der Waals surface area contributed by atoms with Crippen LogP contribution in [-0.4, -0.2) is 23.4 Å². The molecule has 0 fully saturated rings. The fourth-order valence-electron chi connectivity index (χ4n) is 3.74. The van der Waals surface area contributed by atoms with Gasteiger partial charge in [-0.1, -0.05) is 0 Å². The Morgan fingerprint density at radius 2 is 1.39 bits per heavy atom. The van der Waals surface area contributed by atoms with Gasteiger partial charge in [0.15, 0.2) is 0 Å². The molecule has 0 aliphatic rings. The zero-order valence-electron chi connectivity index (χ0n) is 15.0. The van der Waals surface area contributed by atoms with Gasteiger partial charge in [0.25, 0.3) is 0 Å². The van der Waals surface area contributed by atoms with Crippen molar-refractivity contribution in [2.45, 2.75) is 39.4 Å². The van der Waals surface area contributed by atoms with E-state index in [0.29, 0.717) is 0 Å². The monoisotopic (exact) mass is 393 g/mol. The van der Waals surface area contributed by atoms with E-state index in [0.717, 1.165) is 12.7 Å². The third kappa shape index (κ3) is 3.87. The maximum absolute atomic E-state index is 4.35. The summed E-state index contributed by atoms with van der Waals surface area (Å²) in [5.41, 5.74) is -1.01. The molecule has 126 valence electrons. The zero-order chi connectivity index (χ0) is 17.2. The third-order valence-electron chi connectivity index (χ3n) is 4.50. The molecule has 2 rings (SSSR count). The molecule has 0 amide bonds. The summed E-state index contributed by atoms with van der Waals surface area (Å²) in [6.07, 6.45) is 1.03. The number of halogens is 1. The minimum atomic E-state index is -2.48. The standard InChI is InChI=1S/C20H29BrNP/c1-6-22(20(2,3)4)23(5,21,19-15-11-8-12-16-19)17-18-13-9-7-10-14-18/h7-16H,6,17H2,1-5H3. The summed E-state index contributed by atoms with van der Waals surface area (Å²) in [5.74, 6) is 0. The van der Waals surface area contributed by atoms with Crippen molar-refractivity contribution in [3.05, 3.63) is 66.2 Å². The van der Waals surface area contributed by atoms with Crippen LogP contribution in [0.2, 0.25) is 0 Å². The molecule has 0 bridgehead atoms. The van der Waals surface area contributed by atoms with E-state index in [-0.39, 0.29) is 5.54 Å². The molecule has 0 aromatic heterocycles. The maximum atomic E-state index is 4.35. The summed E-state index contributed by atoms with van der Waals surface area (Å²) < 4.78 is 2.68. The topological polar surface area (TPSA) is 3.24 Å². The van der Waals surface area contributed by atoms with E-state index in [1.807, 2.05) is 0 Å². The second-order valence-corrected chi connectivity index (χ2v) is 17.6. The Morgan fingerprint density at radius 1 is 0.913 bits per heavy atom. The summed E-state index contributed by atoms with van der Waals surface area (Å²) >= 11 is 4.35. The predicted molar refractivity (Wildman–Crippen MR) is 110 cm³/mol. The van der Waals surface area contributed by atoms with Gasteiger partial charge in [0, 0.05) is 0 Å². The van der Waals surface area contributed by atoms with Crippen LogP contribution in [0, 0.1) is 0 Å². The fraction of sp³-hybridized carbons (Fsp3) is 0.400. The number of benzene rings is 2. The molecule has 1 nitrogen and oxygen atoms in total. The van der Waals surface area contributed by atoms with Crippen molar-refractivity contribution in [1.82, 2.24) is 4.67 Å². The van der Waals surface area contributed by atoms with Gasteiger partial charge in [0.05, 0.1) is 0 Å². The fourth-order valence-corrected chi connectivity index (χ4v) is 12.3. The molecule has 0 atom stereocenters. The Labute approximate surface area is 149 Å². The van der Waals surface area contributed by atoms with E-state index in [1.165, 1.54) is 10.9 Å². The molecular formula is C20H29BrNP. The molecule has 0 aliphatic carbocycles. The van der Waals surface area contributed by atoms with E-state index in [9.17, 15) is 0 Å². The quantitative estimate of drug-likeness (QED) is 0.559. The van der Waals surface area contributed by atoms with Gasteiger partial charge in [0.2, 0.25) is 0 Å². The van der Waals surface area contributed by atoms with Gasteiger partial charge in [-0.25, -0.2) is 0 Å². The van der Waals surface area contributed by atoms with Gasteiger partial charge in [-0.05, 0) is 0 Å². The minimum absolute atomic E-state index is 0.0927. The molecule has 0 unspecified atom stereocenters. The molecule has 0 spiro atoms. The number of nitrogens with zero attached hydrogens (tertiary/aromatic N) is 1. The van der Waals surface area contributed by atoms with E-state index < -0.39 is 5.46 Å². The van der Waals surface area contributed by atoms with Crippen molar-refractivity contribution in [2.24, 2.45) is 0 Å². The van der Waals surface area contributed by atoms with Gasteiger partial charge in [0.1, 0.15) is 0 Å².